The van der Waals surface area contributed by atoms with Crippen LogP contribution in [0.15, 0.2) is 36.9 Å². The number of likely N-dealkylation sites (tertiary alicyclic amines) is 1. The largest absolute Gasteiger partial charge is 0.338 e. The van der Waals surface area contributed by atoms with E-state index in [1.807, 2.05) is 11.0 Å². The number of hydrogen-bond acceptors (Lipinski definition) is 1. The lowest BCUT2D eigenvalue weighted by molar-refractivity contribution is -0.128. The maximum absolute atomic E-state index is 11.7. The Labute approximate surface area is 96.6 Å². The van der Waals surface area contributed by atoms with E-state index in [1.54, 1.807) is 0 Å². The van der Waals surface area contributed by atoms with Gasteiger partial charge < -0.3 is 4.90 Å². The Hall–Kier alpha value is -1.57. The minimum Gasteiger partial charge on any atom is -0.338 e. The lowest BCUT2D eigenvalue weighted by Gasteiger charge is -2.16. The van der Waals surface area contributed by atoms with E-state index in [1.165, 1.54) is 11.1 Å². The normalized spacial score (nSPS) is 20.2. The van der Waals surface area contributed by atoms with Gasteiger partial charge in [-0.25, -0.2) is 0 Å². The van der Waals surface area contributed by atoms with Crippen LogP contribution in [0.2, 0.25) is 0 Å². The number of benzene rings is 1. The molecule has 1 aliphatic heterocycles. The highest BCUT2D eigenvalue weighted by Gasteiger charge is 2.27. The van der Waals surface area contributed by atoms with Crippen LogP contribution in [-0.4, -0.2) is 17.4 Å². The van der Waals surface area contributed by atoms with Crippen LogP contribution in [0.5, 0.6) is 0 Å². The molecule has 0 bridgehead atoms. The van der Waals surface area contributed by atoms with Gasteiger partial charge >= 0.3 is 0 Å². The van der Waals surface area contributed by atoms with Crippen molar-refractivity contribution in [3.05, 3.63) is 48.0 Å². The predicted molar refractivity (Wildman–Crippen MR) is 64.9 cm³/mol. The molecule has 1 fully saturated rings. The maximum atomic E-state index is 11.7. The maximum Gasteiger partial charge on any atom is 0.223 e. The number of nitrogens with zero attached hydrogens (tertiary/aromatic N) is 1. The third-order valence-electron chi connectivity index (χ3n) is 3.07. The Balaban J connectivity index is 2.02. The van der Waals surface area contributed by atoms with Gasteiger partial charge in [0.25, 0.3) is 0 Å². The molecule has 84 valence electrons. The molecule has 0 spiro atoms. The molecule has 1 aromatic carbocycles. The van der Waals surface area contributed by atoms with E-state index in [0.717, 1.165) is 13.1 Å². The standard InChI is InChI=1S/C14H17NO/c1-3-12-8-14(16)15(9-12)10-13-6-4-11(2)5-7-13/h3-7,12H,1,8-10H2,2H3. The minimum absolute atomic E-state index is 0.241. The van der Waals surface area contributed by atoms with Crippen LogP contribution in [0, 0.1) is 12.8 Å². The summed E-state index contributed by atoms with van der Waals surface area (Å²) in [6.45, 7) is 7.36. The smallest absolute Gasteiger partial charge is 0.223 e. The van der Waals surface area contributed by atoms with E-state index in [-0.39, 0.29) is 5.91 Å². The van der Waals surface area contributed by atoms with Crippen LogP contribution in [0.1, 0.15) is 17.5 Å². The molecule has 1 unspecified atom stereocenters. The van der Waals surface area contributed by atoms with Crippen LogP contribution < -0.4 is 0 Å². The molecular formula is C14H17NO. The number of carbonyl (C=O) groups is 1. The highest BCUT2D eigenvalue weighted by atomic mass is 16.2. The Morgan fingerprint density at radius 2 is 2.12 bits per heavy atom. The second-order valence-electron chi connectivity index (χ2n) is 4.46. The number of aryl methyl sites for hydroxylation is 1. The van der Waals surface area contributed by atoms with Crippen molar-refractivity contribution in [2.45, 2.75) is 19.9 Å². The molecule has 1 atom stereocenters. The molecular weight excluding hydrogens is 198 g/mol. The van der Waals surface area contributed by atoms with Gasteiger partial charge in [-0.2, -0.15) is 0 Å². The Bertz CT molecular complexity index is 394. The fraction of sp³-hybridized carbons (Fsp3) is 0.357. The summed E-state index contributed by atoms with van der Waals surface area (Å²) < 4.78 is 0. The average Bonchev–Trinajstić information content (AvgIpc) is 2.63. The molecule has 2 nitrogen and oxygen atoms in total. The van der Waals surface area contributed by atoms with Crippen LogP contribution in [0.25, 0.3) is 0 Å². The molecule has 0 radical (unpaired) electrons. The van der Waals surface area contributed by atoms with E-state index >= 15 is 0 Å². The summed E-state index contributed by atoms with van der Waals surface area (Å²) in [7, 11) is 0. The van der Waals surface area contributed by atoms with Crippen LogP contribution in [0.4, 0.5) is 0 Å². The van der Waals surface area contributed by atoms with Gasteiger partial charge in [-0.15, -0.1) is 6.58 Å². The highest BCUT2D eigenvalue weighted by molar-refractivity contribution is 5.78. The van der Waals surface area contributed by atoms with E-state index in [0.29, 0.717) is 12.3 Å². The van der Waals surface area contributed by atoms with Gasteiger partial charge in [0.15, 0.2) is 0 Å². The van der Waals surface area contributed by atoms with Crippen molar-refractivity contribution in [3.8, 4) is 0 Å². The number of hydrogen-bond donors (Lipinski definition) is 0. The van der Waals surface area contributed by atoms with Crippen molar-refractivity contribution in [1.29, 1.82) is 0 Å². The van der Waals surface area contributed by atoms with Crippen LogP contribution in [0.3, 0.4) is 0 Å². The molecule has 1 aromatic rings. The summed E-state index contributed by atoms with van der Waals surface area (Å²) in [4.78, 5) is 13.6. The van der Waals surface area contributed by atoms with Gasteiger partial charge in [-0.05, 0) is 12.5 Å². The molecule has 0 aliphatic carbocycles. The molecule has 16 heavy (non-hydrogen) atoms. The zero-order valence-corrected chi connectivity index (χ0v) is 9.65. The van der Waals surface area contributed by atoms with Crippen molar-refractivity contribution in [3.63, 3.8) is 0 Å². The monoisotopic (exact) mass is 215 g/mol. The molecule has 0 saturated carbocycles. The van der Waals surface area contributed by atoms with Crippen molar-refractivity contribution in [2.24, 2.45) is 5.92 Å². The quantitative estimate of drug-likeness (QED) is 0.709. The number of amides is 1. The van der Waals surface area contributed by atoms with Crippen molar-refractivity contribution in [1.82, 2.24) is 4.90 Å². The highest BCUT2D eigenvalue weighted by Crippen LogP contribution is 2.20. The first-order valence-corrected chi connectivity index (χ1v) is 5.65. The van der Waals surface area contributed by atoms with Gasteiger partial charge in [0.05, 0.1) is 0 Å². The first kappa shape index (κ1) is 10.9. The van der Waals surface area contributed by atoms with E-state index < -0.39 is 0 Å². The number of rotatable bonds is 3. The summed E-state index contributed by atoms with van der Waals surface area (Å²) in [6, 6.07) is 8.34. The second-order valence-corrected chi connectivity index (χ2v) is 4.46. The van der Waals surface area contributed by atoms with Gasteiger partial charge in [0, 0.05) is 25.4 Å². The summed E-state index contributed by atoms with van der Waals surface area (Å²) in [5, 5.41) is 0. The topological polar surface area (TPSA) is 20.3 Å². The van der Waals surface area contributed by atoms with Gasteiger partial charge in [0.2, 0.25) is 5.91 Å². The molecule has 0 aromatic heterocycles. The first-order chi connectivity index (χ1) is 7.69. The average molecular weight is 215 g/mol. The molecule has 2 heteroatoms. The Morgan fingerprint density at radius 1 is 1.44 bits per heavy atom. The molecule has 2 rings (SSSR count). The summed E-state index contributed by atoms with van der Waals surface area (Å²) >= 11 is 0. The molecule has 1 heterocycles. The summed E-state index contributed by atoms with van der Waals surface area (Å²) in [5.41, 5.74) is 2.45. The van der Waals surface area contributed by atoms with Crippen LogP contribution >= 0.6 is 0 Å². The van der Waals surface area contributed by atoms with Gasteiger partial charge in [0.1, 0.15) is 0 Å². The first-order valence-electron chi connectivity index (χ1n) is 5.65. The lowest BCUT2D eigenvalue weighted by atomic mass is 10.1. The second kappa shape index (κ2) is 4.52. The van der Waals surface area contributed by atoms with E-state index in [9.17, 15) is 4.79 Å². The van der Waals surface area contributed by atoms with Crippen LogP contribution in [-0.2, 0) is 11.3 Å². The molecule has 1 saturated heterocycles. The van der Waals surface area contributed by atoms with Crippen molar-refractivity contribution < 1.29 is 4.79 Å². The molecule has 1 amide bonds. The lowest BCUT2D eigenvalue weighted by Crippen LogP contribution is -2.24. The van der Waals surface area contributed by atoms with Crippen molar-refractivity contribution in [2.75, 3.05) is 6.54 Å². The third-order valence-corrected chi connectivity index (χ3v) is 3.07. The zero-order valence-electron chi connectivity index (χ0n) is 9.65. The van der Waals surface area contributed by atoms with Gasteiger partial charge in [-0.1, -0.05) is 35.9 Å². The van der Waals surface area contributed by atoms with E-state index in [4.69, 9.17) is 0 Å². The van der Waals surface area contributed by atoms with Gasteiger partial charge in [-0.3, -0.25) is 4.79 Å². The van der Waals surface area contributed by atoms with E-state index in [2.05, 4.69) is 37.8 Å². The zero-order chi connectivity index (χ0) is 11.5. The summed E-state index contributed by atoms with van der Waals surface area (Å²) in [6.07, 6.45) is 2.50. The Kier molecular flexibility index (Phi) is 3.09. The molecule has 1 aliphatic rings. The number of carbonyl (C=O) groups excluding carboxylic acids is 1. The third kappa shape index (κ3) is 2.32. The SMILES string of the molecule is C=CC1CC(=O)N(Cc2ccc(C)cc2)C1. The molecule has 0 N–H and O–H groups in total. The summed E-state index contributed by atoms with van der Waals surface area (Å²) in [5.74, 6) is 0.573. The van der Waals surface area contributed by atoms with Crippen molar-refractivity contribution >= 4 is 5.91 Å². The fourth-order valence-corrected chi connectivity index (χ4v) is 2.03. The predicted octanol–water partition coefficient (Wildman–Crippen LogP) is 2.53. The Morgan fingerprint density at radius 3 is 2.69 bits per heavy atom. The minimum atomic E-state index is 0.241. The fourth-order valence-electron chi connectivity index (χ4n) is 2.03.